The zero-order chi connectivity index (χ0) is 20.1. The monoisotopic (exact) mass is 385 g/mol. The molecule has 0 saturated carbocycles. The number of allylic oxidation sites excluding steroid dienone is 2. The summed E-state index contributed by atoms with van der Waals surface area (Å²) in [5, 5.41) is 14.9. The fraction of sp³-hybridized carbons (Fsp3) is 0.500. The fourth-order valence-corrected chi connectivity index (χ4v) is 3.46. The number of benzene rings is 1. The Bertz CT molecular complexity index is 874. The lowest BCUT2D eigenvalue weighted by atomic mass is 9.93. The molecule has 0 aliphatic carbocycles. The summed E-state index contributed by atoms with van der Waals surface area (Å²) in [6.45, 7) is 6.24. The number of fused-ring (bicyclic) bond motifs is 1. The van der Waals surface area contributed by atoms with Crippen molar-refractivity contribution in [1.82, 2.24) is 20.2 Å². The van der Waals surface area contributed by atoms with Crippen LogP contribution in [-0.2, 0) is 4.79 Å². The average Bonchev–Trinajstić information content (AvgIpc) is 3.14. The quantitative estimate of drug-likeness (QED) is 0.660. The molecular formula is C20H27N5O3. The highest BCUT2D eigenvalue weighted by molar-refractivity contribution is 5.96. The van der Waals surface area contributed by atoms with Crippen molar-refractivity contribution >= 4 is 11.7 Å². The van der Waals surface area contributed by atoms with Crippen LogP contribution in [0, 0.1) is 0 Å². The highest BCUT2D eigenvalue weighted by Gasteiger charge is 2.32. The molecule has 28 heavy (non-hydrogen) atoms. The van der Waals surface area contributed by atoms with Gasteiger partial charge in [-0.25, -0.2) is 0 Å². The molecule has 2 heterocycles. The number of carbonyl (C=O) groups is 1. The van der Waals surface area contributed by atoms with E-state index in [0.717, 1.165) is 24.1 Å². The van der Waals surface area contributed by atoms with E-state index in [1.54, 1.807) is 18.7 Å². The molecule has 150 valence electrons. The first-order valence-electron chi connectivity index (χ1n) is 9.64. The number of carbonyl (C=O) groups excluding carboxylic acids is 1. The Kier molecular flexibility index (Phi) is 6.28. The van der Waals surface area contributed by atoms with Gasteiger partial charge in [-0.3, -0.25) is 4.79 Å². The summed E-state index contributed by atoms with van der Waals surface area (Å²) in [5.74, 6) is 1.79. The van der Waals surface area contributed by atoms with Gasteiger partial charge in [0.2, 0.25) is 5.95 Å². The van der Waals surface area contributed by atoms with Crippen LogP contribution in [0.15, 0.2) is 29.5 Å². The maximum Gasteiger partial charge on any atom is 0.248 e. The van der Waals surface area contributed by atoms with Crippen LogP contribution < -0.4 is 14.8 Å². The number of anilines is 1. The Morgan fingerprint density at radius 1 is 1.25 bits per heavy atom. The van der Waals surface area contributed by atoms with Crippen LogP contribution in [0.1, 0.15) is 58.1 Å². The number of methoxy groups -OCH3 is 1. The molecule has 1 N–H and O–H groups in total. The fourth-order valence-electron chi connectivity index (χ4n) is 3.46. The lowest BCUT2D eigenvalue weighted by Gasteiger charge is -2.27. The van der Waals surface area contributed by atoms with Gasteiger partial charge in [0, 0.05) is 11.3 Å². The molecule has 1 unspecified atom stereocenters. The molecule has 3 rings (SSSR count). The second kappa shape index (κ2) is 8.86. The number of ether oxygens (including phenoxy) is 2. The second-order valence-electron chi connectivity index (χ2n) is 6.89. The van der Waals surface area contributed by atoms with Crippen molar-refractivity contribution in [2.24, 2.45) is 0 Å². The third kappa shape index (κ3) is 4.00. The number of rotatable bonds is 9. The van der Waals surface area contributed by atoms with E-state index in [2.05, 4.69) is 27.8 Å². The number of Topliss-reactive ketones (excluding diaryl/α,β-unsaturated/α-hetero) is 1. The first kappa shape index (κ1) is 19.9. The topological polar surface area (TPSA) is 91.2 Å². The number of hydrogen-bond acceptors (Lipinski definition) is 7. The largest absolute Gasteiger partial charge is 0.493 e. The Labute approximate surface area is 164 Å². The van der Waals surface area contributed by atoms with Crippen molar-refractivity contribution < 1.29 is 14.3 Å². The Hall–Kier alpha value is -2.90. The first-order valence-corrected chi connectivity index (χ1v) is 9.64. The van der Waals surface area contributed by atoms with Crippen LogP contribution in [0.3, 0.4) is 0 Å². The predicted octanol–water partition coefficient (Wildman–Crippen LogP) is 3.52. The highest BCUT2D eigenvalue weighted by atomic mass is 16.5. The summed E-state index contributed by atoms with van der Waals surface area (Å²) < 4.78 is 13.1. The third-order valence-corrected chi connectivity index (χ3v) is 4.85. The van der Waals surface area contributed by atoms with Crippen molar-refractivity contribution in [2.45, 2.75) is 52.5 Å². The predicted molar refractivity (Wildman–Crippen MR) is 106 cm³/mol. The first-order chi connectivity index (χ1) is 13.6. The molecule has 1 aromatic carbocycles. The lowest BCUT2D eigenvalue weighted by molar-refractivity contribution is -0.114. The van der Waals surface area contributed by atoms with Gasteiger partial charge in [-0.2, -0.15) is 4.68 Å². The number of hydrogen-bond donors (Lipinski definition) is 1. The minimum absolute atomic E-state index is 0.0358. The van der Waals surface area contributed by atoms with Crippen LogP contribution in [0.5, 0.6) is 11.5 Å². The molecule has 0 saturated heterocycles. The van der Waals surface area contributed by atoms with Crippen molar-refractivity contribution in [2.75, 3.05) is 19.0 Å². The minimum atomic E-state index is -0.420. The molecule has 1 aliphatic heterocycles. The Morgan fingerprint density at radius 3 is 2.79 bits per heavy atom. The summed E-state index contributed by atoms with van der Waals surface area (Å²) in [7, 11) is 1.61. The van der Waals surface area contributed by atoms with Crippen molar-refractivity contribution in [3.05, 3.63) is 35.0 Å². The number of unbranched alkanes of at least 4 members (excludes halogenated alkanes) is 3. The van der Waals surface area contributed by atoms with E-state index in [1.807, 2.05) is 25.1 Å². The Balaban J connectivity index is 1.89. The molecule has 8 nitrogen and oxygen atoms in total. The molecule has 0 spiro atoms. The summed E-state index contributed by atoms with van der Waals surface area (Å²) in [4.78, 5) is 12.3. The molecule has 1 atom stereocenters. The van der Waals surface area contributed by atoms with Gasteiger partial charge in [0.15, 0.2) is 17.3 Å². The third-order valence-electron chi connectivity index (χ3n) is 4.85. The molecule has 0 fully saturated rings. The van der Waals surface area contributed by atoms with Gasteiger partial charge < -0.3 is 14.8 Å². The van der Waals surface area contributed by atoms with Gasteiger partial charge in [-0.1, -0.05) is 37.4 Å². The van der Waals surface area contributed by atoms with Gasteiger partial charge in [-0.15, -0.1) is 0 Å². The molecule has 1 aliphatic rings. The van der Waals surface area contributed by atoms with Crippen LogP contribution >= 0.6 is 0 Å². The SMILES string of the molecule is CCCCCCOc1ccc(C2C(C(C)=O)=C(C)Nc3nnnn32)cc1OC. The number of ketones is 1. The Morgan fingerprint density at radius 2 is 2.07 bits per heavy atom. The molecule has 1 aromatic heterocycles. The van der Waals surface area contributed by atoms with Crippen molar-refractivity contribution in [1.29, 1.82) is 0 Å². The summed E-state index contributed by atoms with van der Waals surface area (Å²) in [5.41, 5.74) is 2.22. The average molecular weight is 385 g/mol. The maximum absolute atomic E-state index is 12.3. The summed E-state index contributed by atoms with van der Waals surface area (Å²) in [6.07, 6.45) is 4.57. The van der Waals surface area contributed by atoms with Crippen molar-refractivity contribution in [3.63, 3.8) is 0 Å². The lowest BCUT2D eigenvalue weighted by Crippen LogP contribution is -2.27. The van der Waals surface area contributed by atoms with E-state index in [9.17, 15) is 4.79 Å². The van der Waals surface area contributed by atoms with Crippen LogP contribution in [-0.4, -0.2) is 39.7 Å². The molecule has 0 amide bonds. The zero-order valence-electron chi connectivity index (χ0n) is 16.9. The van der Waals surface area contributed by atoms with Gasteiger partial charge in [-0.05, 0) is 48.4 Å². The molecule has 0 bridgehead atoms. The van der Waals surface area contributed by atoms with Gasteiger partial charge >= 0.3 is 0 Å². The second-order valence-corrected chi connectivity index (χ2v) is 6.89. The number of aromatic nitrogens is 4. The highest BCUT2D eigenvalue weighted by Crippen LogP contribution is 2.38. The van der Waals surface area contributed by atoms with Crippen LogP contribution in [0.2, 0.25) is 0 Å². The molecule has 2 aromatic rings. The molecular weight excluding hydrogens is 358 g/mol. The number of tetrazole rings is 1. The van der Waals surface area contributed by atoms with Crippen LogP contribution in [0.25, 0.3) is 0 Å². The summed E-state index contributed by atoms with van der Waals surface area (Å²) >= 11 is 0. The minimum Gasteiger partial charge on any atom is -0.493 e. The van der Waals surface area contributed by atoms with E-state index in [0.29, 0.717) is 29.6 Å². The van der Waals surface area contributed by atoms with Gasteiger partial charge in [0.05, 0.1) is 13.7 Å². The van der Waals surface area contributed by atoms with E-state index in [4.69, 9.17) is 9.47 Å². The van der Waals surface area contributed by atoms with Gasteiger partial charge in [0.25, 0.3) is 0 Å². The maximum atomic E-state index is 12.3. The molecule has 8 heteroatoms. The van der Waals surface area contributed by atoms with E-state index >= 15 is 0 Å². The summed E-state index contributed by atoms with van der Waals surface area (Å²) in [6, 6.07) is 5.28. The van der Waals surface area contributed by atoms with Crippen molar-refractivity contribution in [3.8, 4) is 11.5 Å². The van der Waals surface area contributed by atoms with E-state index < -0.39 is 6.04 Å². The van der Waals surface area contributed by atoms with E-state index in [1.165, 1.54) is 12.8 Å². The van der Waals surface area contributed by atoms with Crippen LogP contribution in [0.4, 0.5) is 5.95 Å². The number of nitrogens with zero attached hydrogens (tertiary/aromatic N) is 4. The molecule has 0 radical (unpaired) electrons. The number of nitrogens with one attached hydrogen (secondary N) is 1. The zero-order valence-corrected chi connectivity index (χ0v) is 16.9. The smallest absolute Gasteiger partial charge is 0.248 e. The standard InChI is InChI=1S/C20H27N5O3/c1-5-6-7-8-11-28-16-10-9-15(12-17(16)27-4)19-18(14(3)26)13(2)21-20-22-23-24-25(19)20/h9-10,12,19H,5-8,11H2,1-4H3,(H,21,22,24). The van der Waals surface area contributed by atoms with Gasteiger partial charge in [0.1, 0.15) is 6.04 Å². The van der Waals surface area contributed by atoms with E-state index in [-0.39, 0.29) is 5.78 Å². The normalized spacial score (nSPS) is 15.8.